The highest BCUT2D eigenvalue weighted by Crippen LogP contribution is 2.38. The first-order chi connectivity index (χ1) is 10.1. The molecule has 1 aliphatic rings. The standard InChI is InChI=1S/C15H22N4S2/c1-4-16-14-18-12(11-8-10(2)21-13(11)19-14)17-9-15(3)6-5-7-20-15/h8H,4-7,9H2,1-3H3,(H2,16,17,18,19). The van der Waals surface area contributed by atoms with Crippen LogP contribution in [0.1, 0.15) is 31.6 Å². The number of aryl methyl sites for hydroxylation is 1. The molecule has 3 heterocycles. The van der Waals surface area contributed by atoms with Crippen LogP contribution in [0.15, 0.2) is 6.07 Å². The molecule has 1 saturated heterocycles. The third kappa shape index (κ3) is 3.26. The van der Waals surface area contributed by atoms with Crippen LogP contribution in [-0.4, -0.2) is 33.6 Å². The number of anilines is 2. The fraction of sp³-hybridized carbons (Fsp3) is 0.600. The summed E-state index contributed by atoms with van der Waals surface area (Å²) >= 11 is 3.80. The second-order valence-electron chi connectivity index (χ2n) is 5.76. The number of nitrogens with zero attached hydrogens (tertiary/aromatic N) is 2. The van der Waals surface area contributed by atoms with E-state index in [1.54, 1.807) is 11.3 Å². The van der Waals surface area contributed by atoms with Gasteiger partial charge in [0.05, 0.1) is 5.39 Å². The topological polar surface area (TPSA) is 49.8 Å². The number of nitrogens with one attached hydrogen (secondary N) is 2. The zero-order valence-electron chi connectivity index (χ0n) is 12.8. The van der Waals surface area contributed by atoms with Crippen molar-refractivity contribution < 1.29 is 0 Å². The smallest absolute Gasteiger partial charge is 0.226 e. The van der Waals surface area contributed by atoms with Gasteiger partial charge in [0.15, 0.2) is 0 Å². The van der Waals surface area contributed by atoms with Crippen molar-refractivity contribution in [1.29, 1.82) is 0 Å². The highest BCUT2D eigenvalue weighted by atomic mass is 32.2. The van der Waals surface area contributed by atoms with Crippen LogP contribution in [0, 0.1) is 6.92 Å². The van der Waals surface area contributed by atoms with Crippen LogP contribution in [0.2, 0.25) is 0 Å². The van der Waals surface area contributed by atoms with Gasteiger partial charge in [-0.2, -0.15) is 16.7 Å². The van der Waals surface area contributed by atoms with E-state index in [4.69, 9.17) is 0 Å². The van der Waals surface area contributed by atoms with Crippen LogP contribution >= 0.6 is 23.1 Å². The molecular formula is C15H22N4S2. The lowest BCUT2D eigenvalue weighted by Gasteiger charge is -2.23. The molecule has 2 N–H and O–H groups in total. The van der Waals surface area contributed by atoms with Gasteiger partial charge in [0.1, 0.15) is 10.6 Å². The number of aromatic nitrogens is 2. The lowest BCUT2D eigenvalue weighted by Crippen LogP contribution is -2.27. The number of rotatable bonds is 5. The van der Waals surface area contributed by atoms with Crippen molar-refractivity contribution in [3.05, 3.63) is 10.9 Å². The highest BCUT2D eigenvalue weighted by Gasteiger charge is 2.29. The van der Waals surface area contributed by atoms with E-state index in [0.717, 1.165) is 35.1 Å². The van der Waals surface area contributed by atoms with Gasteiger partial charge in [-0.1, -0.05) is 0 Å². The van der Waals surface area contributed by atoms with Gasteiger partial charge in [0.25, 0.3) is 0 Å². The van der Waals surface area contributed by atoms with E-state index in [9.17, 15) is 0 Å². The molecule has 3 rings (SSSR count). The van der Waals surface area contributed by atoms with E-state index < -0.39 is 0 Å². The SMILES string of the molecule is CCNc1nc(NCC2(C)CCCS2)c2cc(C)sc2n1. The summed E-state index contributed by atoms with van der Waals surface area (Å²) in [6, 6.07) is 2.18. The van der Waals surface area contributed by atoms with Crippen LogP contribution in [-0.2, 0) is 0 Å². The summed E-state index contributed by atoms with van der Waals surface area (Å²) in [4.78, 5) is 11.6. The first-order valence-corrected chi connectivity index (χ1v) is 9.30. The first-order valence-electron chi connectivity index (χ1n) is 7.49. The van der Waals surface area contributed by atoms with E-state index >= 15 is 0 Å². The largest absolute Gasteiger partial charge is 0.368 e. The molecule has 2 aromatic heterocycles. The second kappa shape index (κ2) is 6.01. The Labute approximate surface area is 134 Å². The molecule has 4 nitrogen and oxygen atoms in total. The van der Waals surface area contributed by atoms with Crippen molar-refractivity contribution in [3.63, 3.8) is 0 Å². The summed E-state index contributed by atoms with van der Waals surface area (Å²) in [5.74, 6) is 2.96. The minimum Gasteiger partial charge on any atom is -0.368 e. The maximum absolute atomic E-state index is 4.66. The monoisotopic (exact) mass is 322 g/mol. The van der Waals surface area contributed by atoms with E-state index in [1.165, 1.54) is 23.5 Å². The molecule has 0 spiro atoms. The minimum atomic E-state index is 0.334. The fourth-order valence-corrected chi connectivity index (χ4v) is 4.78. The Kier molecular flexibility index (Phi) is 4.26. The molecule has 1 fully saturated rings. The van der Waals surface area contributed by atoms with Crippen LogP contribution in [0.4, 0.5) is 11.8 Å². The van der Waals surface area contributed by atoms with Crippen LogP contribution in [0.5, 0.6) is 0 Å². The van der Waals surface area contributed by atoms with Gasteiger partial charge in [0, 0.05) is 22.7 Å². The Morgan fingerprint density at radius 2 is 2.19 bits per heavy atom. The molecule has 1 atom stereocenters. The summed E-state index contributed by atoms with van der Waals surface area (Å²) in [6.07, 6.45) is 2.60. The van der Waals surface area contributed by atoms with Crippen molar-refractivity contribution in [3.8, 4) is 0 Å². The third-order valence-electron chi connectivity index (χ3n) is 3.78. The predicted molar refractivity (Wildman–Crippen MR) is 94.9 cm³/mol. The number of thiophene rings is 1. The molecule has 114 valence electrons. The zero-order chi connectivity index (χ0) is 14.9. The number of thioether (sulfide) groups is 1. The lowest BCUT2D eigenvalue weighted by atomic mass is 10.1. The second-order valence-corrected chi connectivity index (χ2v) is 8.67. The molecule has 2 aromatic rings. The summed E-state index contributed by atoms with van der Waals surface area (Å²) in [5.41, 5.74) is 0. The maximum Gasteiger partial charge on any atom is 0.226 e. The maximum atomic E-state index is 4.66. The molecule has 6 heteroatoms. The van der Waals surface area contributed by atoms with Crippen molar-refractivity contribution in [2.75, 3.05) is 29.5 Å². The normalized spacial score (nSPS) is 21.9. The average molecular weight is 323 g/mol. The van der Waals surface area contributed by atoms with Gasteiger partial charge in [-0.25, -0.2) is 4.98 Å². The van der Waals surface area contributed by atoms with E-state index in [2.05, 4.69) is 59.2 Å². The van der Waals surface area contributed by atoms with Crippen LogP contribution < -0.4 is 10.6 Å². The fourth-order valence-electron chi connectivity index (χ4n) is 2.66. The molecule has 0 saturated carbocycles. The van der Waals surface area contributed by atoms with Gasteiger partial charge in [-0.15, -0.1) is 11.3 Å². The Morgan fingerprint density at radius 3 is 2.90 bits per heavy atom. The van der Waals surface area contributed by atoms with E-state index in [0.29, 0.717) is 4.75 Å². The molecule has 1 aliphatic heterocycles. The van der Waals surface area contributed by atoms with Crippen LogP contribution in [0.3, 0.4) is 0 Å². The molecule has 0 bridgehead atoms. The summed E-state index contributed by atoms with van der Waals surface area (Å²) in [5, 5.41) is 7.95. The summed E-state index contributed by atoms with van der Waals surface area (Å²) < 4.78 is 0.334. The van der Waals surface area contributed by atoms with Crippen molar-refractivity contribution in [2.24, 2.45) is 0 Å². The van der Waals surface area contributed by atoms with Crippen molar-refractivity contribution >= 4 is 45.1 Å². The first kappa shape index (κ1) is 14.9. The molecule has 0 aliphatic carbocycles. The predicted octanol–water partition coefficient (Wildman–Crippen LogP) is 4.13. The van der Waals surface area contributed by atoms with E-state index in [-0.39, 0.29) is 0 Å². The summed E-state index contributed by atoms with van der Waals surface area (Å²) in [6.45, 7) is 8.33. The summed E-state index contributed by atoms with van der Waals surface area (Å²) in [7, 11) is 0. The van der Waals surface area contributed by atoms with Crippen LogP contribution in [0.25, 0.3) is 10.2 Å². The third-order valence-corrected chi connectivity index (χ3v) is 6.26. The van der Waals surface area contributed by atoms with Crippen molar-refractivity contribution in [2.45, 2.75) is 38.4 Å². The lowest BCUT2D eigenvalue weighted by molar-refractivity contribution is 0.634. The Bertz CT molecular complexity index is 632. The van der Waals surface area contributed by atoms with Gasteiger partial charge < -0.3 is 10.6 Å². The highest BCUT2D eigenvalue weighted by molar-refractivity contribution is 8.00. The zero-order valence-corrected chi connectivity index (χ0v) is 14.5. The molecular weight excluding hydrogens is 300 g/mol. The Morgan fingerprint density at radius 1 is 1.33 bits per heavy atom. The minimum absolute atomic E-state index is 0.334. The average Bonchev–Trinajstić information content (AvgIpc) is 3.02. The number of fused-ring (bicyclic) bond motifs is 1. The molecule has 1 unspecified atom stereocenters. The number of hydrogen-bond acceptors (Lipinski definition) is 6. The Hall–Kier alpha value is -1.01. The quantitative estimate of drug-likeness (QED) is 0.867. The number of hydrogen-bond donors (Lipinski definition) is 2. The van der Waals surface area contributed by atoms with Crippen molar-refractivity contribution in [1.82, 2.24) is 9.97 Å². The Balaban J connectivity index is 1.88. The van der Waals surface area contributed by atoms with Gasteiger partial charge in [-0.3, -0.25) is 0 Å². The molecule has 21 heavy (non-hydrogen) atoms. The van der Waals surface area contributed by atoms with Gasteiger partial charge in [-0.05, 0) is 45.4 Å². The molecule has 0 amide bonds. The molecule has 0 radical (unpaired) electrons. The van der Waals surface area contributed by atoms with E-state index in [1.807, 2.05) is 0 Å². The van der Waals surface area contributed by atoms with Gasteiger partial charge >= 0.3 is 0 Å². The molecule has 0 aromatic carbocycles. The van der Waals surface area contributed by atoms with Gasteiger partial charge in [0.2, 0.25) is 5.95 Å².